The van der Waals surface area contributed by atoms with Crippen molar-refractivity contribution in [3.8, 4) is 0 Å². The Morgan fingerprint density at radius 3 is 2.53 bits per heavy atom. The van der Waals surface area contributed by atoms with Crippen molar-refractivity contribution in [1.82, 2.24) is 0 Å². The third-order valence-electron chi connectivity index (χ3n) is 2.86. The van der Waals surface area contributed by atoms with Gasteiger partial charge < -0.3 is 0 Å². The summed E-state index contributed by atoms with van der Waals surface area (Å²) in [6.45, 7) is 0. The largest absolute Gasteiger partial charge is 0.411 e. The molecule has 0 heterocycles. The summed E-state index contributed by atoms with van der Waals surface area (Å²) in [6, 6.07) is 6.55. The van der Waals surface area contributed by atoms with E-state index in [0.717, 1.165) is 5.56 Å². The van der Waals surface area contributed by atoms with Crippen molar-refractivity contribution in [1.29, 1.82) is 0 Å². The van der Waals surface area contributed by atoms with E-state index in [1.165, 1.54) is 6.07 Å². The summed E-state index contributed by atoms with van der Waals surface area (Å²) in [4.78, 5) is -2.18. The van der Waals surface area contributed by atoms with Gasteiger partial charge in [-0.15, -0.1) is 11.6 Å². The molecule has 0 nitrogen and oxygen atoms in total. The average molecular weight is 235 g/mol. The molecule has 0 saturated heterocycles. The maximum Gasteiger partial charge on any atom is 0.411 e. The first kappa shape index (κ1) is 10.8. The quantitative estimate of drug-likeness (QED) is 0.595. The van der Waals surface area contributed by atoms with E-state index in [1.54, 1.807) is 18.2 Å². The Kier molecular flexibility index (Phi) is 2.45. The molecule has 0 fully saturated rings. The highest BCUT2D eigenvalue weighted by Crippen LogP contribution is 2.51. The van der Waals surface area contributed by atoms with Crippen LogP contribution in [0.25, 0.3) is 0 Å². The van der Waals surface area contributed by atoms with Gasteiger partial charge >= 0.3 is 6.18 Å². The van der Waals surface area contributed by atoms with E-state index < -0.39 is 11.1 Å². The highest BCUT2D eigenvalue weighted by atomic mass is 35.5. The Morgan fingerprint density at radius 2 is 1.87 bits per heavy atom. The van der Waals surface area contributed by atoms with E-state index in [1.807, 2.05) is 0 Å². The molecule has 82 valence electrons. The summed E-state index contributed by atoms with van der Waals surface area (Å²) in [5.74, 6) is 0. The van der Waals surface area contributed by atoms with Crippen molar-refractivity contribution in [2.45, 2.75) is 30.3 Å². The van der Waals surface area contributed by atoms with Gasteiger partial charge in [0.15, 0.2) is 4.87 Å². The second-order valence-corrected chi connectivity index (χ2v) is 4.45. The predicted molar refractivity (Wildman–Crippen MR) is 53.0 cm³/mol. The number of hydrogen-bond acceptors (Lipinski definition) is 0. The molecule has 1 aromatic rings. The van der Waals surface area contributed by atoms with Crippen LogP contribution >= 0.6 is 11.6 Å². The summed E-state index contributed by atoms with van der Waals surface area (Å²) in [5, 5.41) is 0. The van der Waals surface area contributed by atoms with Crippen molar-refractivity contribution in [2.75, 3.05) is 0 Å². The predicted octanol–water partition coefficient (Wildman–Crippen LogP) is 4.02. The van der Waals surface area contributed by atoms with Gasteiger partial charge in [0.05, 0.1) is 0 Å². The molecular formula is C11H10ClF3. The van der Waals surface area contributed by atoms with Crippen LogP contribution in [-0.2, 0) is 11.3 Å². The molecule has 0 bridgehead atoms. The molecular weight excluding hydrogens is 225 g/mol. The average Bonchev–Trinajstić information content (AvgIpc) is 2.17. The number of hydrogen-bond donors (Lipinski definition) is 0. The minimum atomic E-state index is -4.38. The van der Waals surface area contributed by atoms with Crippen LogP contribution in [0.4, 0.5) is 13.2 Å². The normalized spacial score (nSPS) is 26.1. The highest BCUT2D eigenvalue weighted by molar-refractivity contribution is 6.24. The van der Waals surface area contributed by atoms with E-state index in [4.69, 9.17) is 11.6 Å². The topological polar surface area (TPSA) is 0 Å². The molecule has 1 aromatic carbocycles. The van der Waals surface area contributed by atoms with E-state index in [2.05, 4.69) is 0 Å². The lowest BCUT2D eigenvalue weighted by atomic mass is 9.82. The smallest absolute Gasteiger partial charge is 0.169 e. The van der Waals surface area contributed by atoms with Gasteiger partial charge in [-0.2, -0.15) is 13.2 Å². The lowest BCUT2D eigenvalue weighted by molar-refractivity contribution is -0.168. The molecule has 4 heteroatoms. The molecule has 2 rings (SSSR count). The molecule has 0 radical (unpaired) electrons. The van der Waals surface area contributed by atoms with Gasteiger partial charge in [-0.25, -0.2) is 0 Å². The minimum absolute atomic E-state index is 0.0327. The molecule has 0 aromatic heterocycles. The molecule has 0 saturated carbocycles. The Hall–Kier alpha value is -0.700. The second kappa shape index (κ2) is 3.41. The van der Waals surface area contributed by atoms with Crippen LogP contribution in [0.2, 0.25) is 0 Å². The Bertz CT molecular complexity index is 372. The van der Waals surface area contributed by atoms with Crippen LogP contribution in [-0.4, -0.2) is 6.18 Å². The number of rotatable bonds is 0. The first-order valence-corrected chi connectivity index (χ1v) is 5.17. The zero-order valence-electron chi connectivity index (χ0n) is 7.94. The van der Waals surface area contributed by atoms with Crippen molar-refractivity contribution in [3.63, 3.8) is 0 Å². The number of benzene rings is 1. The zero-order valence-corrected chi connectivity index (χ0v) is 8.70. The van der Waals surface area contributed by atoms with Gasteiger partial charge in [-0.3, -0.25) is 0 Å². The number of alkyl halides is 4. The molecule has 1 aliphatic rings. The number of halogens is 4. The van der Waals surface area contributed by atoms with Gasteiger partial charge in [0, 0.05) is 0 Å². The number of aryl methyl sites for hydroxylation is 1. The lowest BCUT2D eigenvalue weighted by Gasteiger charge is -2.35. The van der Waals surface area contributed by atoms with E-state index >= 15 is 0 Å². The Morgan fingerprint density at radius 1 is 1.20 bits per heavy atom. The SMILES string of the molecule is FC(F)(F)C1(Cl)CCCc2ccccc21. The maximum absolute atomic E-state index is 12.9. The van der Waals surface area contributed by atoms with Crippen molar-refractivity contribution >= 4 is 11.6 Å². The molecule has 15 heavy (non-hydrogen) atoms. The van der Waals surface area contributed by atoms with Crippen LogP contribution < -0.4 is 0 Å². The minimum Gasteiger partial charge on any atom is -0.169 e. The molecule has 0 aliphatic heterocycles. The summed E-state index contributed by atoms with van der Waals surface area (Å²) in [6.07, 6.45) is -3.25. The maximum atomic E-state index is 12.9. The highest BCUT2D eigenvalue weighted by Gasteiger charge is 2.56. The van der Waals surface area contributed by atoms with Gasteiger partial charge in [-0.1, -0.05) is 24.3 Å². The fourth-order valence-corrected chi connectivity index (χ4v) is 2.39. The second-order valence-electron chi connectivity index (χ2n) is 3.81. The van der Waals surface area contributed by atoms with Gasteiger partial charge in [0.2, 0.25) is 0 Å². The fourth-order valence-electron chi connectivity index (χ4n) is 2.08. The molecule has 0 spiro atoms. The van der Waals surface area contributed by atoms with Crippen LogP contribution in [0.15, 0.2) is 24.3 Å². The molecule has 0 N–H and O–H groups in total. The fraction of sp³-hybridized carbons (Fsp3) is 0.455. The third kappa shape index (κ3) is 1.63. The van der Waals surface area contributed by atoms with Crippen molar-refractivity contribution in [3.05, 3.63) is 35.4 Å². The van der Waals surface area contributed by atoms with Gasteiger partial charge in [0.25, 0.3) is 0 Å². The van der Waals surface area contributed by atoms with Crippen LogP contribution in [0.5, 0.6) is 0 Å². The van der Waals surface area contributed by atoms with Crippen LogP contribution in [0, 0.1) is 0 Å². The van der Waals surface area contributed by atoms with Gasteiger partial charge in [-0.05, 0) is 30.4 Å². The Labute approximate surface area is 91.1 Å². The monoisotopic (exact) mass is 234 g/mol. The van der Waals surface area contributed by atoms with Crippen LogP contribution in [0.1, 0.15) is 24.0 Å². The number of fused-ring (bicyclic) bond motifs is 1. The first-order chi connectivity index (χ1) is 6.95. The van der Waals surface area contributed by atoms with E-state index in [0.29, 0.717) is 12.8 Å². The molecule has 0 amide bonds. The van der Waals surface area contributed by atoms with Crippen molar-refractivity contribution < 1.29 is 13.2 Å². The Balaban J connectivity index is 2.55. The standard InChI is InChI=1S/C11H10ClF3/c12-10(11(13,14)15)7-3-5-8-4-1-2-6-9(8)10/h1-2,4,6H,3,5,7H2. The van der Waals surface area contributed by atoms with E-state index in [-0.39, 0.29) is 12.0 Å². The molecule has 1 atom stereocenters. The zero-order chi connectivity index (χ0) is 11.1. The van der Waals surface area contributed by atoms with E-state index in [9.17, 15) is 13.2 Å². The van der Waals surface area contributed by atoms with Crippen LogP contribution in [0.3, 0.4) is 0 Å². The summed E-state index contributed by atoms with van der Waals surface area (Å²) >= 11 is 5.76. The summed E-state index contributed by atoms with van der Waals surface area (Å²) in [5.41, 5.74) is 0.946. The van der Waals surface area contributed by atoms with Gasteiger partial charge in [0.1, 0.15) is 0 Å². The summed E-state index contributed by atoms with van der Waals surface area (Å²) in [7, 11) is 0. The third-order valence-corrected chi connectivity index (χ3v) is 3.47. The molecule has 1 aliphatic carbocycles. The molecule has 1 unspecified atom stereocenters. The summed E-state index contributed by atoms with van der Waals surface area (Å²) < 4.78 is 38.6. The first-order valence-electron chi connectivity index (χ1n) is 4.79. The van der Waals surface area contributed by atoms with Crippen molar-refractivity contribution in [2.24, 2.45) is 0 Å². The lowest BCUT2D eigenvalue weighted by Crippen LogP contribution is -2.39.